The summed E-state index contributed by atoms with van der Waals surface area (Å²) in [5.74, 6) is -0.260. The van der Waals surface area contributed by atoms with Crippen LogP contribution in [0.25, 0.3) is 0 Å². The molecule has 0 spiro atoms. The molecule has 0 amide bonds. The average Bonchev–Trinajstić information content (AvgIpc) is 2.29. The topological polar surface area (TPSA) is 58.6 Å². The van der Waals surface area contributed by atoms with E-state index >= 15 is 0 Å². The second kappa shape index (κ2) is 6.63. The summed E-state index contributed by atoms with van der Waals surface area (Å²) in [6.45, 7) is 5.61. The van der Waals surface area contributed by atoms with Crippen LogP contribution < -0.4 is 10.1 Å². The van der Waals surface area contributed by atoms with Crippen molar-refractivity contribution < 1.29 is 14.6 Å². The fraction of sp³-hybridized carbons (Fsp3) is 0.250. The molecule has 1 aromatic carbocycles. The Kier molecular flexibility index (Phi) is 5.08. The van der Waals surface area contributed by atoms with Crippen LogP contribution in [-0.4, -0.2) is 30.8 Å². The highest BCUT2D eigenvalue weighted by atomic mass is 16.5. The van der Waals surface area contributed by atoms with Crippen molar-refractivity contribution in [3.05, 3.63) is 42.5 Å². The standard InChI is InChI=1S/C12H15NO3/c1-2-7-13-8-9-16-11-5-3-10(4-6-11)12(14)15/h2-6,13H,1,7-9H2,(H,14,15). The van der Waals surface area contributed by atoms with Crippen molar-refractivity contribution in [3.8, 4) is 5.75 Å². The van der Waals surface area contributed by atoms with Crippen molar-refractivity contribution in [2.24, 2.45) is 0 Å². The van der Waals surface area contributed by atoms with Gasteiger partial charge < -0.3 is 15.2 Å². The minimum atomic E-state index is -0.931. The van der Waals surface area contributed by atoms with Crippen molar-refractivity contribution in [2.45, 2.75) is 0 Å². The van der Waals surface area contributed by atoms with Crippen molar-refractivity contribution in [1.82, 2.24) is 5.32 Å². The fourth-order valence-electron chi connectivity index (χ4n) is 1.14. The molecule has 0 saturated heterocycles. The second-order valence-electron chi connectivity index (χ2n) is 3.17. The number of ether oxygens (including phenoxy) is 1. The highest BCUT2D eigenvalue weighted by molar-refractivity contribution is 5.87. The predicted octanol–water partition coefficient (Wildman–Crippen LogP) is 1.54. The molecule has 4 nitrogen and oxygen atoms in total. The number of nitrogens with one attached hydrogen (secondary N) is 1. The van der Waals surface area contributed by atoms with Gasteiger partial charge in [0.05, 0.1) is 5.56 Å². The molecule has 1 aromatic rings. The second-order valence-corrected chi connectivity index (χ2v) is 3.17. The first-order chi connectivity index (χ1) is 7.74. The summed E-state index contributed by atoms with van der Waals surface area (Å²) in [5.41, 5.74) is 0.261. The molecule has 2 N–H and O–H groups in total. The molecule has 86 valence electrons. The number of hydrogen-bond acceptors (Lipinski definition) is 3. The van der Waals surface area contributed by atoms with Crippen LogP contribution in [0.5, 0.6) is 5.75 Å². The number of carbonyl (C=O) groups is 1. The minimum Gasteiger partial charge on any atom is -0.492 e. The maximum Gasteiger partial charge on any atom is 0.335 e. The smallest absolute Gasteiger partial charge is 0.335 e. The lowest BCUT2D eigenvalue weighted by atomic mass is 10.2. The third-order valence-corrected chi connectivity index (χ3v) is 1.94. The molecule has 4 heteroatoms. The van der Waals surface area contributed by atoms with Crippen molar-refractivity contribution in [2.75, 3.05) is 19.7 Å². The van der Waals surface area contributed by atoms with E-state index in [-0.39, 0.29) is 5.56 Å². The SMILES string of the molecule is C=CCNCCOc1ccc(C(=O)O)cc1. The number of hydrogen-bond donors (Lipinski definition) is 2. The van der Waals surface area contributed by atoms with Crippen molar-refractivity contribution in [3.63, 3.8) is 0 Å². The monoisotopic (exact) mass is 221 g/mol. The zero-order valence-electron chi connectivity index (χ0n) is 8.98. The maximum absolute atomic E-state index is 10.6. The summed E-state index contributed by atoms with van der Waals surface area (Å²) < 4.78 is 5.40. The molecule has 0 heterocycles. The van der Waals surface area contributed by atoms with Gasteiger partial charge in [-0.15, -0.1) is 6.58 Å². The van der Waals surface area contributed by atoms with Gasteiger partial charge in [0.1, 0.15) is 12.4 Å². The summed E-state index contributed by atoms with van der Waals surface area (Å²) in [5, 5.41) is 11.8. The lowest BCUT2D eigenvalue weighted by Gasteiger charge is -2.06. The number of carboxylic acids is 1. The van der Waals surface area contributed by atoms with Gasteiger partial charge in [0.15, 0.2) is 0 Å². The maximum atomic E-state index is 10.6. The lowest BCUT2D eigenvalue weighted by molar-refractivity contribution is 0.0697. The molecular weight excluding hydrogens is 206 g/mol. The summed E-state index contributed by atoms with van der Waals surface area (Å²) in [7, 11) is 0. The van der Waals surface area contributed by atoms with Crippen LogP contribution in [-0.2, 0) is 0 Å². The normalized spacial score (nSPS) is 9.75. The summed E-state index contributed by atoms with van der Waals surface area (Å²) in [6.07, 6.45) is 1.78. The van der Waals surface area contributed by atoms with E-state index in [4.69, 9.17) is 9.84 Å². The Bertz CT molecular complexity index is 346. The molecule has 0 aliphatic carbocycles. The molecule has 0 aromatic heterocycles. The Morgan fingerprint density at radius 1 is 1.44 bits per heavy atom. The summed E-state index contributed by atoms with van der Waals surface area (Å²) >= 11 is 0. The van der Waals surface area contributed by atoms with E-state index in [0.29, 0.717) is 12.4 Å². The first kappa shape index (κ1) is 12.3. The van der Waals surface area contributed by atoms with Gasteiger partial charge in [-0.25, -0.2) is 4.79 Å². The Balaban J connectivity index is 2.32. The molecule has 0 unspecified atom stereocenters. The summed E-state index contributed by atoms with van der Waals surface area (Å²) in [6, 6.07) is 6.34. The van der Waals surface area contributed by atoms with E-state index in [1.807, 2.05) is 0 Å². The number of benzene rings is 1. The number of aromatic carboxylic acids is 1. The van der Waals surface area contributed by atoms with Crippen LogP contribution in [0.2, 0.25) is 0 Å². The molecular formula is C12H15NO3. The number of rotatable bonds is 7. The van der Waals surface area contributed by atoms with Crippen LogP contribution in [0, 0.1) is 0 Å². The third kappa shape index (κ3) is 4.14. The van der Waals surface area contributed by atoms with Crippen molar-refractivity contribution >= 4 is 5.97 Å². The highest BCUT2D eigenvalue weighted by Crippen LogP contribution is 2.11. The van der Waals surface area contributed by atoms with Crippen LogP contribution in [0.1, 0.15) is 10.4 Å². The van der Waals surface area contributed by atoms with E-state index in [0.717, 1.165) is 13.1 Å². The van der Waals surface area contributed by atoms with Gasteiger partial charge >= 0.3 is 5.97 Å². The Morgan fingerprint density at radius 3 is 2.69 bits per heavy atom. The van der Waals surface area contributed by atoms with E-state index < -0.39 is 5.97 Å². The third-order valence-electron chi connectivity index (χ3n) is 1.94. The first-order valence-electron chi connectivity index (χ1n) is 5.02. The van der Waals surface area contributed by atoms with Crippen LogP contribution >= 0.6 is 0 Å². The van der Waals surface area contributed by atoms with E-state index in [2.05, 4.69) is 11.9 Å². The molecule has 0 aliphatic rings. The molecule has 0 aliphatic heterocycles. The van der Waals surface area contributed by atoms with Gasteiger partial charge in [0.2, 0.25) is 0 Å². The molecule has 0 saturated carbocycles. The van der Waals surface area contributed by atoms with Crippen LogP contribution in [0.3, 0.4) is 0 Å². The lowest BCUT2D eigenvalue weighted by Crippen LogP contribution is -2.20. The summed E-state index contributed by atoms with van der Waals surface area (Å²) in [4.78, 5) is 10.6. The molecule has 16 heavy (non-hydrogen) atoms. The van der Waals surface area contributed by atoms with Gasteiger partial charge in [-0.3, -0.25) is 0 Å². The fourth-order valence-corrected chi connectivity index (χ4v) is 1.14. The van der Waals surface area contributed by atoms with Crippen molar-refractivity contribution in [1.29, 1.82) is 0 Å². The predicted molar refractivity (Wildman–Crippen MR) is 62.0 cm³/mol. The molecule has 0 atom stereocenters. The minimum absolute atomic E-state index is 0.261. The zero-order valence-corrected chi connectivity index (χ0v) is 8.98. The van der Waals surface area contributed by atoms with E-state index in [1.54, 1.807) is 18.2 Å². The van der Waals surface area contributed by atoms with Gasteiger partial charge in [0.25, 0.3) is 0 Å². The average molecular weight is 221 g/mol. The molecule has 1 rings (SSSR count). The van der Waals surface area contributed by atoms with E-state index in [1.165, 1.54) is 12.1 Å². The van der Waals surface area contributed by atoms with Crippen LogP contribution in [0.4, 0.5) is 0 Å². The molecule has 0 bridgehead atoms. The molecule has 0 radical (unpaired) electrons. The van der Waals surface area contributed by atoms with E-state index in [9.17, 15) is 4.79 Å². The van der Waals surface area contributed by atoms with Crippen LogP contribution in [0.15, 0.2) is 36.9 Å². The van der Waals surface area contributed by atoms with Gasteiger partial charge in [-0.2, -0.15) is 0 Å². The van der Waals surface area contributed by atoms with Gasteiger partial charge in [-0.05, 0) is 24.3 Å². The Hall–Kier alpha value is -1.81. The zero-order chi connectivity index (χ0) is 11.8. The largest absolute Gasteiger partial charge is 0.492 e. The van der Waals surface area contributed by atoms with Gasteiger partial charge in [0, 0.05) is 13.1 Å². The quantitative estimate of drug-likeness (QED) is 0.541. The molecule has 0 fully saturated rings. The Morgan fingerprint density at radius 2 is 2.12 bits per heavy atom. The number of carboxylic acid groups (broad SMARTS) is 1. The Labute approximate surface area is 94.6 Å². The van der Waals surface area contributed by atoms with Gasteiger partial charge in [-0.1, -0.05) is 6.08 Å². The highest BCUT2D eigenvalue weighted by Gasteiger charge is 2.01. The first-order valence-corrected chi connectivity index (χ1v) is 5.02.